The zero-order valence-electron chi connectivity index (χ0n) is 18.3. The van der Waals surface area contributed by atoms with Gasteiger partial charge in [0.05, 0.1) is 11.1 Å². The minimum Gasteiger partial charge on any atom is -0.399 e. The van der Waals surface area contributed by atoms with Gasteiger partial charge in [-0.05, 0) is 73.7 Å². The summed E-state index contributed by atoms with van der Waals surface area (Å²) >= 11 is 0. The zero-order chi connectivity index (χ0) is 23.1. The topological polar surface area (TPSA) is 113 Å². The van der Waals surface area contributed by atoms with E-state index in [0.717, 1.165) is 42.1 Å². The normalized spacial score (nSPS) is 21.9. The molecule has 2 fully saturated rings. The second-order valence-corrected chi connectivity index (χ2v) is 9.04. The maximum atomic E-state index is 13.0. The smallest absolute Gasteiger partial charge is 0.262 e. The SMILES string of the molecule is Nc1ccc(C2CCN(Cc3ccc4c(c3)C(=O)N(C3CCC(=O)NC3=O)C4=O)CC2)cc1. The maximum absolute atomic E-state index is 13.0. The summed E-state index contributed by atoms with van der Waals surface area (Å²) in [5, 5.41) is 2.22. The van der Waals surface area contributed by atoms with Crippen molar-refractivity contribution in [2.45, 2.75) is 44.2 Å². The molecule has 0 bridgehead atoms. The molecule has 1 unspecified atom stereocenters. The molecule has 3 aliphatic rings. The second kappa shape index (κ2) is 8.44. The molecule has 0 aromatic heterocycles. The lowest BCUT2D eigenvalue weighted by atomic mass is 9.89. The first-order valence-corrected chi connectivity index (χ1v) is 11.3. The van der Waals surface area contributed by atoms with Gasteiger partial charge in [-0.3, -0.25) is 34.3 Å². The average molecular weight is 447 g/mol. The van der Waals surface area contributed by atoms with Crippen molar-refractivity contribution in [1.29, 1.82) is 0 Å². The van der Waals surface area contributed by atoms with Crippen molar-refractivity contribution >= 4 is 29.3 Å². The Morgan fingerprint density at radius 2 is 1.58 bits per heavy atom. The Morgan fingerprint density at radius 3 is 2.27 bits per heavy atom. The first-order chi connectivity index (χ1) is 15.9. The molecular formula is C25H26N4O4. The number of carbonyl (C=O) groups is 4. The van der Waals surface area contributed by atoms with Crippen LogP contribution in [0, 0.1) is 0 Å². The number of carbonyl (C=O) groups excluding carboxylic acids is 4. The molecule has 0 saturated carbocycles. The van der Waals surface area contributed by atoms with Gasteiger partial charge in [0.15, 0.2) is 0 Å². The molecular weight excluding hydrogens is 420 g/mol. The standard InChI is InChI=1S/C25H26N4O4/c26-18-4-2-16(3-5-18)17-9-11-28(12-10-17)14-15-1-6-19-20(13-15)25(33)29(24(19)32)21-7-8-22(30)27-23(21)31/h1-6,13,17,21H,7-12,14,26H2,(H,27,30,31). The Kier molecular flexibility index (Phi) is 5.46. The number of hydrogen-bond donors (Lipinski definition) is 2. The van der Waals surface area contributed by atoms with Crippen LogP contribution in [0.2, 0.25) is 0 Å². The van der Waals surface area contributed by atoms with E-state index in [9.17, 15) is 19.2 Å². The summed E-state index contributed by atoms with van der Waals surface area (Å²) in [6, 6.07) is 12.5. The van der Waals surface area contributed by atoms with E-state index in [1.807, 2.05) is 18.2 Å². The maximum Gasteiger partial charge on any atom is 0.262 e. The number of benzene rings is 2. The van der Waals surface area contributed by atoms with Gasteiger partial charge in [-0.15, -0.1) is 0 Å². The van der Waals surface area contributed by atoms with Gasteiger partial charge in [0.1, 0.15) is 6.04 Å². The number of nitrogens with one attached hydrogen (secondary N) is 1. The predicted molar refractivity (Wildman–Crippen MR) is 121 cm³/mol. The molecule has 33 heavy (non-hydrogen) atoms. The minimum atomic E-state index is -0.939. The van der Waals surface area contributed by atoms with E-state index in [1.165, 1.54) is 5.56 Å². The Labute approximate surface area is 191 Å². The number of amides is 4. The van der Waals surface area contributed by atoms with Gasteiger partial charge in [-0.25, -0.2) is 0 Å². The summed E-state index contributed by atoms with van der Waals surface area (Å²) in [6.45, 7) is 2.59. The zero-order valence-corrected chi connectivity index (χ0v) is 18.3. The fourth-order valence-corrected chi connectivity index (χ4v) is 5.07. The number of nitrogen functional groups attached to an aromatic ring is 1. The third-order valence-electron chi connectivity index (χ3n) is 6.91. The molecule has 0 aliphatic carbocycles. The van der Waals surface area contributed by atoms with E-state index in [-0.39, 0.29) is 18.7 Å². The quantitative estimate of drug-likeness (QED) is 0.549. The summed E-state index contributed by atoms with van der Waals surface area (Å²) in [6.07, 6.45) is 2.37. The van der Waals surface area contributed by atoms with Gasteiger partial charge in [-0.1, -0.05) is 18.2 Å². The molecule has 0 spiro atoms. The Balaban J connectivity index is 1.25. The molecule has 2 saturated heterocycles. The van der Waals surface area contributed by atoms with Crippen molar-refractivity contribution in [3.8, 4) is 0 Å². The lowest BCUT2D eigenvalue weighted by Gasteiger charge is -2.32. The number of imide groups is 2. The van der Waals surface area contributed by atoms with Crippen LogP contribution in [0.25, 0.3) is 0 Å². The summed E-state index contributed by atoms with van der Waals surface area (Å²) in [7, 11) is 0. The summed E-state index contributed by atoms with van der Waals surface area (Å²) in [4.78, 5) is 52.9. The Bertz CT molecular complexity index is 1140. The summed E-state index contributed by atoms with van der Waals surface area (Å²) in [5.74, 6) is -1.39. The number of fused-ring (bicyclic) bond motifs is 1. The van der Waals surface area contributed by atoms with Gasteiger partial charge >= 0.3 is 0 Å². The van der Waals surface area contributed by atoms with Gasteiger partial charge in [-0.2, -0.15) is 0 Å². The van der Waals surface area contributed by atoms with E-state index in [0.29, 0.717) is 23.6 Å². The van der Waals surface area contributed by atoms with Gasteiger partial charge in [0.25, 0.3) is 11.8 Å². The first kappa shape index (κ1) is 21.3. The lowest BCUT2D eigenvalue weighted by Crippen LogP contribution is -2.54. The molecule has 8 nitrogen and oxygen atoms in total. The number of likely N-dealkylation sites (tertiary alicyclic amines) is 1. The number of piperidine rings is 2. The molecule has 5 rings (SSSR count). The van der Waals surface area contributed by atoms with E-state index >= 15 is 0 Å². The third kappa shape index (κ3) is 4.02. The molecule has 3 N–H and O–H groups in total. The first-order valence-electron chi connectivity index (χ1n) is 11.3. The molecule has 8 heteroatoms. The van der Waals surface area contributed by atoms with E-state index < -0.39 is 23.8 Å². The Hall–Kier alpha value is -3.52. The van der Waals surface area contributed by atoms with Crippen LogP contribution in [0.1, 0.15) is 63.4 Å². The fourth-order valence-electron chi connectivity index (χ4n) is 5.07. The van der Waals surface area contributed by atoms with Crippen molar-refractivity contribution < 1.29 is 19.2 Å². The summed E-state index contributed by atoms with van der Waals surface area (Å²) in [5.41, 5.74) is 9.50. The van der Waals surface area contributed by atoms with Crippen molar-refractivity contribution in [3.05, 3.63) is 64.7 Å². The number of anilines is 1. The molecule has 0 radical (unpaired) electrons. The second-order valence-electron chi connectivity index (χ2n) is 9.04. The highest BCUT2D eigenvalue weighted by Gasteiger charge is 2.44. The van der Waals surface area contributed by atoms with Crippen LogP contribution in [0.4, 0.5) is 5.69 Å². The molecule has 1 atom stereocenters. The van der Waals surface area contributed by atoms with Crippen LogP contribution in [0.5, 0.6) is 0 Å². The van der Waals surface area contributed by atoms with Crippen molar-refractivity contribution in [2.75, 3.05) is 18.8 Å². The summed E-state index contributed by atoms with van der Waals surface area (Å²) < 4.78 is 0. The fraction of sp³-hybridized carbons (Fsp3) is 0.360. The molecule has 4 amide bonds. The Morgan fingerprint density at radius 1 is 0.879 bits per heavy atom. The van der Waals surface area contributed by atoms with Crippen LogP contribution >= 0.6 is 0 Å². The van der Waals surface area contributed by atoms with Crippen molar-refractivity contribution in [3.63, 3.8) is 0 Å². The predicted octanol–water partition coefficient (Wildman–Crippen LogP) is 2.05. The number of nitrogens with two attached hydrogens (primary N) is 1. The minimum absolute atomic E-state index is 0.112. The van der Waals surface area contributed by atoms with Crippen molar-refractivity contribution in [2.24, 2.45) is 0 Å². The van der Waals surface area contributed by atoms with E-state index in [1.54, 1.807) is 12.1 Å². The highest BCUT2D eigenvalue weighted by Crippen LogP contribution is 2.31. The van der Waals surface area contributed by atoms with Gasteiger partial charge < -0.3 is 5.73 Å². The number of hydrogen-bond acceptors (Lipinski definition) is 6. The third-order valence-corrected chi connectivity index (χ3v) is 6.91. The van der Waals surface area contributed by atoms with Crippen LogP contribution in [0.15, 0.2) is 42.5 Å². The number of rotatable bonds is 4. The highest BCUT2D eigenvalue weighted by molar-refractivity contribution is 6.23. The van der Waals surface area contributed by atoms with Gasteiger partial charge in [0, 0.05) is 18.7 Å². The molecule has 170 valence electrons. The van der Waals surface area contributed by atoms with Crippen molar-refractivity contribution in [1.82, 2.24) is 15.1 Å². The monoisotopic (exact) mass is 446 g/mol. The molecule has 3 aliphatic heterocycles. The van der Waals surface area contributed by atoms with Crippen LogP contribution in [0.3, 0.4) is 0 Å². The molecule has 2 aromatic carbocycles. The largest absolute Gasteiger partial charge is 0.399 e. The molecule has 2 aromatic rings. The van der Waals surface area contributed by atoms with Crippen LogP contribution in [-0.2, 0) is 16.1 Å². The average Bonchev–Trinajstić information content (AvgIpc) is 3.05. The van der Waals surface area contributed by atoms with Gasteiger partial charge in [0.2, 0.25) is 11.8 Å². The van der Waals surface area contributed by atoms with Crippen LogP contribution in [-0.4, -0.2) is 52.6 Å². The highest BCUT2D eigenvalue weighted by atomic mass is 16.2. The van der Waals surface area contributed by atoms with E-state index in [4.69, 9.17) is 5.73 Å². The number of nitrogens with zero attached hydrogens (tertiary/aromatic N) is 2. The molecule has 3 heterocycles. The lowest BCUT2D eigenvalue weighted by molar-refractivity contribution is -0.136. The van der Waals surface area contributed by atoms with Crippen LogP contribution < -0.4 is 11.1 Å². The van der Waals surface area contributed by atoms with E-state index in [2.05, 4.69) is 22.3 Å².